The summed E-state index contributed by atoms with van der Waals surface area (Å²) in [6, 6.07) is 8.79. The van der Waals surface area contributed by atoms with Crippen molar-refractivity contribution in [1.29, 1.82) is 0 Å². The predicted molar refractivity (Wildman–Crippen MR) is 126 cm³/mol. The molecule has 0 saturated carbocycles. The highest BCUT2D eigenvalue weighted by atomic mass is 79.9. The van der Waals surface area contributed by atoms with Gasteiger partial charge in [0, 0.05) is 11.4 Å². The maximum atomic E-state index is 13.5. The summed E-state index contributed by atoms with van der Waals surface area (Å²) in [5, 5.41) is 20.9. The number of carbonyl (C=O) groups excluding carboxylic acids is 1. The number of phenols is 1. The number of phenolic OH excluding ortho intramolecular Hbond substituents is 1. The smallest absolute Gasteiger partial charge is 0.255 e. The number of halogens is 1. The van der Waals surface area contributed by atoms with Gasteiger partial charge >= 0.3 is 0 Å². The molecule has 4 rings (SSSR count). The summed E-state index contributed by atoms with van der Waals surface area (Å²) >= 11 is 3.40. The molecule has 1 aliphatic heterocycles. The quantitative estimate of drug-likeness (QED) is 0.472. The van der Waals surface area contributed by atoms with Gasteiger partial charge in [-0.3, -0.25) is 4.79 Å². The van der Waals surface area contributed by atoms with Crippen LogP contribution in [-0.4, -0.2) is 32.4 Å². The highest BCUT2D eigenvalue weighted by Gasteiger charge is 2.34. The second kappa shape index (κ2) is 8.66. The lowest BCUT2D eigenvalue weighted by molar-refractivity contribution is -0.113. The zero-order chi connectivity index (χ0) is 23.0. The van der Waals surface area contributed by atoms with Gasteiger partial charge in [0.1, 0.15) is 12.4 Å². The van der Waals surface area contributed by atoms with Crippen molar-refractivity contribution in [3.05, 3.63) is 69.1 Å². The number of allylic oxidation sites excluding steroid dienone is 1. The number of carbonyl (C=O) groups is 1. The van der Waals surface area contributed by atoms with Crippen LogP contribution in [0.15, 0.2) is 52.4 Å². The molecule has 2 aromatic carbocycles. The summed E-state index contributed by atoms with van der Waals surface area (Å²) in [4.78, 5) is 17.8. The average molecular weight is 498 g/mol. The standard InChI is InChI=1S/C23H24BrN5O3/c1-5-32-18-10-15(9-16(24)21(18)30)20-19(14(4)27-23-25-11-26-29(20)23)22(31)28-17-7-6-12(2)8-13(17)3/h6-11,20,30H,5H2,1-4H3,(H,28,31)(H,25,26,27). The Hall–Kier alpha value is -3.33. The molecule has 0 aliphatic carbocycles. The number of fused-ring (bicyclic) bond motifs is 1. The summed E-state index contributed by atoms with van der Waals surface area (Å²) in [6.45, 7) is 8.03. The maximum absolute atomic E-state index is 13.5. The molecule has 1 atom stereocenters. The van der Waals surface area contributed by atoms with Gasteiger partial charge in [0.25, 0.3) is 5.91 Å². The first-order chi connectivity index (χ1) is 15.3. The van der Waals surface area contributed by atoms with Gasteiger partial charge in [-0.15, -0.1) is 0 Å². The fraction of sp³-hybridized carbons (Fsp3) is 0.261. The largest absolute Gasteiger partial charge is 0.503 e. The van der Waals surface area contributed by atoms with Crippen molar-refractivity contribution in [2.75, 3.05) is 17.2 Å². The van der Waals surface area contributed by atoms with Crippen molar-refractivity contribution < 1.29 is 14.6 Å². The van der Waals surface area contributed by atoms with Crippen LogP contribution < -0.4 is 15.4 Å². The van der Waals surface area contributed by atoms with Crippen LogP contribution in [0.4, 0.5) is 11.6 Å². The number of aryl methyl sites for hydroxylation is 2. The van der Waals surface area contributed by atoms with Gasteiger partial charge in [0.15, 0.2) is 11.5 Å². The summed E-state index contributed by atoms with van der Waals surface area (Å²) in [6.07, 6.45) is 1.44. The second-order valence-corrected chi connectivity index (χ2v) is 8.50. The summed E-state index contributed by atoms with van der Waals surface area (Å²) < 4.78 is 7.72. The second-order valence-electron chi connectivity index (χ2n) is 7.65. The molecule has 1 unspecified atom stereocenters. The number of hydrogen-bond acceptors (Lipinski definition) is 6. The van der Waals surface area contributed by atoms with Crippen LogP contribution in [0.3, 0.4) is 0 Å². The van der Waals surface area contributed by atoms with E-state index in [2.05, 4.69) is 36.6 Å². The van der Waals surface area contributed by atoms with Crippen molar-refractivity contribution in [2.45, 2.75) is 33.7 Å². The molecule has 2 heterocycles. The molecular weight excluding hydrogens is 474 g/mol. The van der Waals surface area contributed by atoms with E-state index in [-0.39, 0.29) is 11.7 Å². The topological polar surface area (TPSA) is 101 Å². The Morgan fingerprint density at radius 1 is 1.28 bits per heavy atom. The monoisotopic (exact) mass is 497 g/mol. The van der Waals surface area contributed by atoms with E-state index < -0.39 is 6.04 Å². The van der Waals surface area contributed by atoms with Crippen LogP contribution in [0.1, 0.15) is 36.6 Å². The zero-order valence-electron chi connectivity index (χ0n) is 18.2. The number of ether oxygens (including phenoxy) is 1. The number of benzene rings is 2. The summed E-state index contributed by atoms with van der Waals surface area (Å²) in [5.41, 5.74) is 4.72. The molecule has 1 aliphatic rings. The van der Waals surface area contributed by atoms with E-state index in [4.69, 9.17) is 4.74 Å². The van der Waals surface area contributed by atoms with E-state index in [9.17, 15) is 9.90 Å². The fourth-order valence-electron chi connectivity index (χ4n) is 3.85. The van der Waals surface area contributed by atoms with Crippen molar-refractivity contribution in [3.63, 3.8) is 0 Å². The number of anilines is 2. The van der Waals surface area contributed by atoms with Crippen LogP contribution in [-0.2, 0) is 4.79 Å². The lowest BCUT2D eigenvalue weighted by atomic mass is 9.94. The lowest BCUT2D eigenvalue weighted by Crippen LogP contribution is -2.31. The fourth-order valence-corrected chi connectivity index (χ4v) is 4.31. The van der Waals surface area contributed by atoms with Gasteiger partial charge < -0.3 is 20.5 Å². The van der Waals surface area contributed by atoms with Crippen LogP contribution >= 0.6 is 15.9 Å². The van der Waals surface area contributed by atoms with Crippen molar-refractivity contribution in [1.82, 2.24) is 14.8 Å². The van der Waals surface area contributed by atoms with Crippen molar-refractivity contribution in [2.24, 2.45) is 0 Å². The molecule has 3 aromatic rings. The first-order valence-corrected chi connectivity index (χ1v) is 11.0. The first kappa shape index (κ1) is 21.9. The van der Waals surface area contributed by atoms with Crippen LogP contribution in [0.25, 0.3) is 0 Å². The molecule has 0 fully saturated rings. The van der Waals surface area contributed by atoms with E-state index in [1.807, 2.05) is 45.9 Å². The number of hydrogen-bond donors (Lipinski definition) is 3. The summed E-state index contributed by atoms with van der Waals surface area (Å²) in [5.74, 6) is 0.599. The van der Waals surface area contributed by atoms with Gasteiger partial charge in [0.05, 0.1) is 16.7 Å². The van der Waals surface area contributed by atoms with Gasteiger partial charge in [-0.25, -0.2) is 4.68 Å². The lowest BCUT2D eigenvalue weighted by Gasteiger charge is -2.29. The number of aromatic hydroxyl groups is 1. The van der Waals surface area contributed by atoms with Gasteiger partial charge in [-0.1, -0.05) is 17.7 Å². The predicted octanol–water partition coefficient (Wildman–Crippen LogP) is 4.69. The molecule has 0 bridgehead atoms. The van der Waals surface area contributed by atoms with E-state index >= 15 is 0 Å². The number of nitrogens with one attached hydrogen (secondary N) is 2. The number of aromatic nitrogens is 3. The molecule has 0 spiro atoms. The Morgan fingerprint density at radius 2 is 2.06 bits per heavy atom. The third-order valence-corrected chi connectivity index (χ3v) is 5.94. The Bertz CT molecular complexity index is 1230. The highest BCUT2D eigenvalue weighted by molar-refractivity contribution is 9.10. The third-order valence-electron chi connectivity index (χ3n) is 5.34. The minimum Gasteiger partial charge on any atom is -0.503 e. The van der Waals surface area contributed by atoms with E-state index in [1.54, 1.807) is 16.8 Å². The zero-order valence-corrected chi connectivity index (χ0v) is 19.8. The van der Waals surface area contributed by atoms with Gasteiger partial charge in [-0.05, 0) is 73.0 Å². The molecule has 166 valence electrons. The maximum Gasteiger partial charge on any atom is 0.255 e. The van der Waals surface area contributed by atoms with Gasteiger partial charge in [0.2, 0.25) is 5.95 Å². The molecule has 0 saturated heterocycles. The van der Waals surface area contributed by atoms with E-state index in [0.29, 0.717) is 34.0 Å². The van der Waals surface area contributed by atoms with Crippen LogP contribution in [0.2, 0.25) is 0 Å². The van der Waals surface area contributed by atoms with Crippen molar-refractivity contribution >= 4 is 33.5 Å². The molecule has 3 N–H and O–H groups in total. The van der Waals surface area contributed by atoms with E-state index in [0.717, 1.165) is 22.4 Å². The highest BCUT2D eigenvalue weighted by Crippen LogP contribution is 2.42. The molecule has 9 heteroatoms. The number of nitrogens with zero attached hydrogens (tertiary/aromatic N) is 3. The number of rotatable bonds is 5. The molecule has 1 aromatic heterocycles. The first-order valence-electron chi connectivity index (χ1n) is 10.2. The Balaban J connectivity index is 1.81. The average Bonchev–Trinajstić information content (AvgIpc) is 3.20. The SMILES string of the molecule is CCOc1cc(C2C(C(=O)Nc3ccc(C)cc3C)=C(C)Nc3ncnn32)cc(Br)c1O. The van der Waals surface area contributed by atoms with E-state index in [1.165, 1.54) is 6.33 Å². The normalized spacial score (nSPS) is 15.2. The minimum atomic E-state index is -0.574. The molecule has 32 heavy (non-hydrogen) atoms. The molecular formula is C23H24BrN5O3. The summed E-state index contributed by atoms with van der Waals surface area (Å²) in [7, 11) is 0. The molecule has 8 nitrogen and oxygen atoms in total. The minimum absolute atomic E-state index is 0.00494. The Labute approximate surface area is 194 Å². The van der Waals surface area contributed by atoms with Crippen LogP contribution in [0, 0.1) is 13.8 Å². The Morgan fingerprint density at radius 3 is 2.78 bits per heavy atom. The molecule has 0 radical (unpaired) electrons. The third kappa shape index (κ3) is 3.95. The number of amides is 1. The van der Waals surface area contributed by atoms with Crippen molar-refractivity contribution in [3.8, 4) is 11.5 Å². The molecule has 1 amide bonds. The van der Waals surface area contributed by atoms with Crippen LogP contribution in [0.5, 0.6) is 11.5 Å². The van der Waals surface area contributed by atoms with Gasteiger partial charge in [-0.2, -0.15) is 10.1 Å². The Kier molecular flexibility index (Phi) is 5.92.